The van der Waals surface area contributed by atoms with E-state index < -0.39 is 0 Å². The zero-order valence-electron chi connectivity index (χ0n) is 9.63. The molecule has 0 aliphatic heterocycles. The molecule has 0 spiro atoms. The number of nitrogens with zero attached hydrogens (tertiary/aromatic N) is 3. The molecule has 4 heteroatoms. The van der Waals surface area contributed by atoms with Crippen molar-refractivity contribution in [2.75, 3.05) is 6.54 Å². The average Bonchev–Trinajstić information content (AvgIpc) is 2.90. The normalized spacial score (nSPS) is 10.8. The van der Waals surface area contributed by atoms with Crippen molar-refractivity contribution >= 4 is 0 Å². The maximum absolute atomic E-state index is 4.01. The third kappa shape index (κ3) is 2.97. The summed E-state index contributed by atoms with van der Waals surface area (Å²) in [5.41, 5.74) is 1.32. The Morgan fingerprint density at radius 1 is 1.38 bits per heavy atom. The number of imidazole rings is 1. The third-order valence-electron chi connectivity index (χ3n) is 2.69. The van der Waals surface area contributed by atoms with Gasteiger partial charge in [-0.3, -0.25) is 0 Å². The van der Waals surface area contributed by atoms with E-state index in [0.29, 0.717) is 0 Å². The van der Waals surface area contributed by atoms with Crippen molar-refractivity contribution in [3.8, 4) is 0 Å². The van der Waals surface area contributed by atoms with Gasteiger partial charge in [-0.25, -0.2) is 4.98 Å². The first-order valence-corrected chi connectivity index (χ1v) is 5.63. The molecular formula is C12H18N4. The molecule has 86 valence electrons. The van der Waals surface area contributed by atoms with Crippen LogP contribution in [0.25, 0.3) is 0 Å². The lowest BCUT2D eigenvalue weighted by Gasteiger charge is -2.06. The van der Waals surface area contributed by atoms with Crippen molar-refractivity contribution in [2.24, 2.45) is 7.05 Å². The predicted octanol–water partition coefficient (Wildman–Crippen LogP) is 1.40. The van der Waals surface area contributed by atoms with E-state index in [0.717, 1.165) is 26.1 Å². The Morgan fingerprint density at radius 3 is 3.00 bits per heavy atom. The quantitative estimate of drug-likeness (QED) is 0.744. The van der Waals surface area contributed by atoms with Gasteiger partial charge in [-0.2, -0.15) is 0 Å². The molecule has 0 amide bonds. The van der Waals surface area contributed by atoms with E-state index in [1.54, 1.807) is 0 Å². The Balaban J connectivity index is 1.61. The molecule has 0 radical (unpaired) electrons. The summed E-state index contributed by atoms with van der Waals surface area (Å²) >= 11 is 0. The van der Waals surface area contributed by atoms with Gasteiger partial charge in [-0.05, 0) is 25.1 Å². The maximum atomic E-state index is 4.01. The van der Waals surface area contributed by atoms with Gasteiger partial charge in [0, 0.05) is 44.4 Å². The Morgan fingerprint density at radius 2 is 2.31 bits per heavy atom. The minimum atomic E-state index is 0.938. The van der Waals surface area contributed by atoms with Crippen molar-refractivity contribution in [1.82, 2.24) is 19.4 Å². The van der Waals surface area contributed by atoms with Crippen molar-refractivity contribution in [2.45, 2.75) is 19.5 Å². The van der Waals surface area contributed by atoms with E-state index in [2.05, 4.69) is 44.8 Å². The van der Waals surface area contributed by atoms with Gasteiger partial charge >= 0.3 is 0 Å². The highest BCUT2D eigenvalue weighted by Crippen LogP contribution is 1.98. The molecule has 2 heterocycles. The third-order valence-corrected chi connectivity index (χ3v) is 2.69. The Bertz CT molecular complexity index is 402. The van der Waals surface area contributed by atoms with Gasteiger partial charge in [-0.15, -0.1) is 0 Å². The fraction of sp³-hybridized carbons (Fsp3) is 0.417. The fourth-order valence-corrected chi connectivity index (χ4v) is 1.70. The zero-order valence-corrected chi connectivity index (χ0v) is 9.63. The molecule has 2 aromatic rings. The van der Waals surface area contributed by atoms with Crippen LogP contribution in [-0.4, -0.2) is 20.7 Å². The van der Waals surface area contributed by atoms with Crippen LogP contribution >= 0.6 is 0 Å². The van der Waals surface area contributed by atoms with Crippen molar-refractivity contribution in [3.63, 3.8) is 0 Å². The van der Waals surface area contributed by atoms with Gasteiger partial charge in [0.05, 0.1) is 6.33 Å². The lowest BCUT2D eigenvalue weighted by atomic mass is 10.4. The highest BCUT2D eigenvalue weighted by Gasteiger charge is 1.95. The first kappa shape index (κ1) is 11.0. The van der Waals surface area contributed by atoms with Crippen LogP contribution in [0.2, 0.25) is 0 Å². The molecule has 0 aliphatic rings. The van der Waals surface area contributed by atoms with Gasteiger partial charge in [0.2, 0.25) is 0 Å². The van der Waals surface area contributed by atoms with Crippen LogP contribution < -0.4 is 5.32 Å². The SMILES string of the molecule is Cn1cccc1CNCCCn1ccnc1. The summed E-state index contributed by atoms with van der Waals surface area (Å²) < 4.78 is 4.24. The van der Waals surface area contributed by atoms with Gasteiger partial charge < -0.3 is 14.5 Å². The highest BCUT2D eigenvalue weighted by molar-refractivity contribution is 5.05. The number of nitrogens with one attached hydrogen (secondary N) is 1. The summed E-state index contributed by atoms with van der Waals surface area (Å²) in [4.78, 5) is 4.01. The lowest BCUT2D eigenvalue weighted by molar-refractivity contribution is 0.571. The maximum Gasteiger partial charge on any atom is 0.0945 e. The van der Waals surface area contributed by atoms with Crippen LogP contribution in [0.1, 0.15) is 12.1 Å². The van der Waals surface area contributed by atoms with Crippen molar-refractivity contribution in [3.05, 3.63) is 42.7 Å². The molecule has 0 saturated carbocycles. The molecule has 0 bridgehead atoms. The average molecular weight is 218 g/mol. The summed E-state index contributed by atoms with van der Waals surface area (Å²) in [5, 5.41) is 3.44. The smallest absolute Gasteiger partial charge is 0.0945 e. The van der Waals surface area contributed by atoms with Crippen LogP contribution in [0.15, 0.2) is 37.1 Å². The number of hydrogen-bond acceptors (Lipinski definition) is 2. The monoisotopic (exact) mass is 218 g/mol. The molecule has 0 aliphatic carbocycles. The Hall–Kier alpha value is -1.55. The molecular weight excluding hydrogens is 200 g/mol. The number of rotatable bonds is 6. The van der Waals surface area contributed by atoms with Crippen LogP contribution in [0, 0.1) is 0 Å². The van der Waals surface area contributed by atoms with Crippen LogP contribution in [0.5, 0.6) is 0 Å². The van der Waals surface area contributed by atoms with Crippen molar-refractivity contribution < 1.29 is 0 Å². The molecule has 2 rings (SSSR count). The molecule has 4 nitrogen and oxygen atoms in total. The summed E-state index contributed by atoms with van der Waals surface area (Å²) in [7, 11) is 2.07. The van der Waals surface area contributed by atoms with Crippen LogP contribution in [0.3, 0.4) is 0 Å². The standard InChI is InChI=1S/C12H18N4/c1-15-7-2-4-12(15)10-13-5-3-8-16-9-6-14-11-16/h2,4,6-7,9,11,13H,3,5,8,10H2,1H3. The summed E-state index contributed by atoms with van der Waals surface area (Å²) in [5.74, 6) is 0. The Kier molecular flexibility index (Phi) is 3.77. The van der Waals surface area contributed by atoms with E-state index in [1.165, 1.54) is 5.69 Å². The van der Waals surface area contributed by atoms with E-state index >= 15 is 0 Å². The predicted molar refractivity (Wildman–Crippen MR) is 64.0 cm³/mol. The zero-order chi connectivity index (χ0) is 11.2. The van der Waals surface area contributed by atoms with Crippen LogP contribution in [0.4, 0.5) is 0 Å². The number of aromatic nitrogens is 3. The molecule has 16 heavy (non-hydrogen) atoms. The molecule has 0 unspecified atom stereocenters. The molecule has 2 aromatic heterocycles. The van der Waals surface area contributed by atoms with E-state index in [-0.39, 0.29) is 0 Å². The van der Waals surface area contributed by atoms with Crippen molar-refractivity contribution in [1.29, 1.82) is 0 Å². The summed E-state index contributed by atoms with van der Waals surface area (Å²) in [6.07, 6.45) is 8.87. The molecule has 0 atom stereocenters. The van der Waals surface area contributed by atoms with Gasteiger partial charge in [0.15, 0.2) is 0 Å². The second kappa shape index (κ2) is 5.51. The number of hydrogen-bond donors (Lipinski definition) is 1. The second-order valence-corrected chi connectivity index (χ2v) is 3.94. The first-order valence-electron chi connectivity index (χ1n) is 5.63. The minimum absolute atomic E-state index is 0.938. The summed E-state index contributed by atoms with van der Waals surface area (Å²) in [6, 6.07) is 4.21. The highest BCUT2D eigenvalue weighted by atomic mass is 15.0. The van der Waals surface area contributed by atoms with Gasteiger partial charge in [0.1, 0.15) is 0 Å². The van der Waals surface area contributed by atoms with Gasteiger partial charge in [0.25, 0.3) is 0 Å². The molecule has 1 N–H and O–H groups in total. The van der Waals surface area contributed by atoms with E-state index in [4.69, 9.17) is 0 Å². The van der Waals surface area contributed by atoms with Crippen LogP contribution in [-0.2, 0) is 20.1 Å². The Labute approximate surface area is 95.9 Å². The molecule has 0 aromatic carbocycles. The molecule has 0 saturated heterocycles. The largest absolute Gasteiger partial charge is 0.353 e. The van der Waals surface area contributed by atoms with Gasteiger partial charge in [-0.1, -0.05) is 0 Å². The minimum Gasteiger partial charge on any atom is -0.353 e. The first-order chi connectivity index (χ1) is 7.86. The van der Waals surface area contributed by atoms with E-state index in [9.17, 15) is 0 Å². The molecule has 0 fully saturated rings. The second-order valence-electron chi connectivity index (χ2n) is 3.94. The fourth-order valence-electron chi connectivity index (χ4n) is 1.70. The lowest BCUT2D eigenvalue weighted by Crippen LogP contribution is -2.17. The van der Waals surface area contributed by atoms with E-state index in [1.807, 2.05) is 18.7 Å². The topological polar surface area (TPSA) is 34.8 Å². The number of aryl methyl sites for hydroxylation is 2. The summed E-state index contributed by atoms with van der Waals surface area (Å²) in [6.45, 7) is 3.00.